The Bertz CT molecular complexity index is 521. The van der Waals surface area contributed by atoms with E-state index in [1.54, 1.807) is 6.92 Å². The number of aromatic carboxylic acids is 1. The van der Waals surface area contributed by atoms with Crippen molar-refractivity contribution in [2.75, 3.05) is 13.7 Å². The molecule has 0 atom stereocenters. The average molecular weight is 254 g/mol. The number of rotatable bonds is 5. The van der Waals surface area contributed by atoms with E-state index in [1.807, 2.05) is 0 Å². The monoisotopic (exact) mass is 254 g/mol. The van der Waals surface area contributed by atoms with E-state index < -0.39 is 11.4 Å². The zero-order valence-corrected chi connectivity index (χ0v) is 10.1. The van der Waals surface area contributed by atoms with Crippen LogP contribution in [0.4, 0.5) is 0 Å². The van der Waals surface area contributed by atoms with Gasteiger partial charge in [-0.3, -0.25) is 9.59 Å². The number of carboxylic acids is 1. The summed E-state index contributed by atoms with van der Waals surface area (Å²) in [6.07, 6.45) is 1.21. The lowest BCUT2D eigenvalue weighted by Crippen LogP contribution is -2.29. The van der Waals surface area contributed by atoms with E-state index in [-0.39, 0.29) is 23.9 Å². The van der Waals surface area contributed by atoms with Crippen molar-refractivity contribution >= 4 is 11.9 Å². The number of hydrogen-bond donors (Lipinski definition) is 2. The maximum Gasteiger partial charge on any atom is 0.352 e. The number of amides is 1. The van der Waals surface area contributed by atoms with Gasteiger partial charge in [0.25, 0.3) is 0 Å². The Labute approximate surface area is 103 Å². The number of aromatic nitrogens is 1. The van der Waals surface area contributed by atoms with Crippen LogP contribution >= 0.6 is 0 Å². The number of carbonyl (C=O) groups excluding carboxylic acids is 1. The molecule has 0 radical (unpaired) electrons. The van der Waals surface area contributed by atoms with Gasteiger partial charge in [-0.25, -0.2) is 4.79 Å². The van der Waals surface area contributed by atoms with Crippen LogP contribution in [-0.4, -0.2) is 35.2 Å². The highest BCUT2D eigenvalue weighted by Gasteiger charge is 2.14. The number of carboxylic acid groups (broad SMARTS) is 1. The van der Waals surface area contributed by atoms with E-state index in [0.29, 0.717) is 6.54 Å². The lowest BCUT2D eigenvalue weighted by Gasteiger charge is -2.11. The largest absolute Gasteiger partial charge is 0.491 e. The van der Waals surface area contributed by atoms with Crippen molar-refractivity contribution in [1.82, 2.24) is 9.88 Å². The molecule has 1 aromatic heterocycles. The Morgan fingerprint density at radius 1 is 1.50 bits per heavy atom. The number of nitrogens with zero attached hydrogens (tertiary/aromatic N) is 1. The molecule has 0 spiro atoms. The summed E-state index contributed by atoms with van der Waals surface area (Å²) in [6.45, 7) is 2.01. The van der Waals surface area contributed by atoms with Crippen molar-refractivity contribution in [1.29, 1.82) is 0 Å². The first-order chi connectivity index (χ1) is 8.49. The van der Waals surface area contributed by atoms with Gasteiger partial charge in [-0.05, 0) is 6.92 Å². The first kappa shape index (κ1) is 13.8. The number of ether oxygens (including phenoxy) is 1. The molecule has 1 heterocycles. The topological polar surface area (TPSA) is 97.6 Å². The van der Waals surface area contributed by atoms with E-state index in [0.717, 1.165) is 10.6 Å². The van der Waals surface area contributed by atoms with Gasteiger partial charge in [0.1, 0.15) is 12.2 Å². The molecule has 0 saturated heterocycles. The summed E-state index contributed by atoms with van der Waals surface area (Å²) in [5.41, 5.74) is -0.797. The van der Waals surface area contributed by atoms with E-state index in [9.17, 15) is 14.4 Å². The molecule has 0 aliphatic heterocycles. The zero-order valence-electron chi connectivity index (χ0n) is 10.1. The van der Waals surface area contributed by atoms with Crippen molar-refractivity contribution in [3.05, 3.63) is 28.2 Å². The van der Waals surface area contributed by atoms with Gasteiger partial charge in [0.15, 0.2) is 5.75 Å². The van der Waals surface area contributed by atoms with Gasteiger partial charge in [-0.15, -0.1) is 0 Å². The number of hydrogen-bond acceptors (Lipinski definition) is 4. The van der Waals surface area contributed by atoms with Crippen LogP contribution in [0.25, 0.3) is 0 Å². The van der Waals surface area contributed by atoms with Crippen LogP contribution in [0.5, 0.6) is 5.75 Å². The number of carbonyl (C=O) groups is 2. The second-order valence-corrected chi connectivity index (χ2v) is 3.48. The van der Waals surface area contributed by atoms with Crippen molar-refractivity contribution in [3.8, 4) is 5.75 Å². The highest BCUT2D eigenvalue weighted by molar-refractivity contribution is 5.86. The first-order valence-corrected chi connectivity index (χ1v) is 5.28. The fourth-order valence-electron chi connectivity index (χ4n) is 1.43. The predicted molar refractivity (Wildman–Crippen MR) is 62.9 cm³/mol. The molecule has 0 unspecified atom stereocenters. The molecule has 0 aromatic carbocycles. The maximum absolute atomic E-state index is 11.4. The lowest BCUT2D eigenvalue weighted by atomic mass is 10.3. The molecular formula is C11H14N2O5. The molecule has 1 rings (SSSR count). The maximum atomic E-state index is 11.4. The standard InChI is InChI=1S/C11H14N2O5/c1-3-12-10(15)6-13-5-9(18-2)8(14)4-7(13)11(16)17/h4-5H,3,6H2,1-2H3,(H,12,15)(H,16,17). The number of nitrogens with one attached hydrogen (secondary N) is 1. The van der Waals surface area contributed by atoms with Gasteiger partial charge >= 0.3 is 5.97 Å². The highest BCUT2D eigenvalue weighted by atomic mass is 16.5. The number of pyridine rings is 1. The molecule has 7 nitrogen and oxygen atoms in total. The SMILES string of the molecule is CCNC(=O)Cn1cc(OC)c(=O)cc1C(=O)O. The van der Waals surface area contributed by atoms with Crippen LogP contribution in [0, 0.1) is 0 Å². The van der Waals surface area contributed by atoms with Crippen molar-refractivity contribution in [2.24, 2.45) is 0 Å². The summed E-state index contributed by atoms with van der Waals surface area (Å²) in [6, 6.07) is 0.931. The highest BCUT2D eigenvalue weighted by Crippen LogP contribution is 2.06. The van der Waals surface area contributed by atoms with Crippen LogP contribution in [0.2, 0.25) is 0 Å². The van der Waals surface area contributed by atoms with Crippen molar-refractivity contribution in [3.63, 3.8) is 0 Å². The van der Waals surface area contributed by atoms with Crippen molar-refractivity contribution < 1.29 is 19.4 Å². The third kappa shape index (κ3) is 3.09. The Kier molecular flexibility index (Phi) is 4.47. The van der Waals surface area contributed by atoms with Gasteiger partial charge in [-0.2, -0.15) is 0 Å². The smallest absolute Gasteiger partial charge is 0.352 e. The summed E-state index contributed by atoms with van der Waals surface area (Å²) in [4.78, 5) is 33.8. The van der Waals surface area contributed by atoms with E-state index >= 15 is 0 Å². The number of likely N-dealkylation sites (N-methyl/N-ethyl adjacent to an activating group) is 1. The molecule has 7 heteroatoms. The fraction of sp³-hybridized carbons (Fsp3) is 0.364. The summed E-state index contributed by atoms with van der Waals surface area (Å²) in [7, 11) is 1.30. The minimum absolute atomic E-state index is 0.00991. The molecule has 1 amide bonds. The third-order valence-electron chi connectivity index (χ3n) is 2.22. The van der Waals surface area contributed by atoms with Gasteiger partial charge in [0.05, 0.1) is 13.3 Å². The molecule has 0 aliphatic carbocycles. The quantitative estimate of drug-likeness (QED) is 0.751. The molecule has 98 valence electrons. The van der Waals surface area contributed by atoms with E-state index in [4.69, 9.17) is 9.84 Å². The lowest BCUT2D eigenvalue weighted by molar-refractivity contribution is -0.121. The summed E-state index contributed by atoms with van der Waals surface area (Å²) >= 11 is 0. The molecular weight excluding hydrogens is 240 g/mol. The second-order valence-electron chi connectivity index (χ2n) is 3.48. The molecule has 1 aromatic rings. The van der Waals surface area contributed by atoms with Gasteiger partial charge < -0.3 is 19.7 Å². The minimum atomic E-state index is -1.28. The van der Waals surface area contributed by atoms with Crippen LogP contribution < -0.4 is 15.5 Å². The normalized spacial score (nSPS) is 9.89. The fourth-order valence-corrected chi connectivity index (χ4v) is 1.43. The van der Waals surface area contributed by atoms with Crippen LogP contribution in [-0.2, 0) is 11.3 Å². The summed E-state index contributed by atoms with van der Waals surface area (Å²) in [5.74, 6) is -1.63. The third-order valence-corrected chi connectivity index (χ3v) is 2.22. The second kappa shape index (κ2) is 5.85. The number of methoxy groups -OCH3 is 1. The molecule has 0 saturated carbocycles. The van der Waals surface area contributed by atoms with Crippen LogP contribution in [0.1, 0.15) is 17.4 Å². The summed E-state index contributed by atoms with van der Waals surface area (Å²) < 4.78 is 5.96. The van der Waals surface area contributed by atoms with Gasteiger partial charge in [-0.1, -0.05) is 0 Å². The average Bonchev–Trinajstić information content (AvgIpc) is 2.30. The Hall–Kier alpha value is -2.31. The molecule has 0 bridgehead atoms. The Morgan fingerprint density at radius 2 is 2.17 bits per heavy atom. The summed E-state index contributed by atoms with van der Waals surface area (Å²) in [5, 5.41) is 11.5. The Balaban J connectivity index is 3.18. The Morgan fingerprint density at radius 3 is 2.67 bits per heavy atom. The molecule has 0 fully saturated rings. The van der Waals surface area contributed by atoms with Crippen LogP contribution in [0.3, 0.4) is 0 Å². The van der Waals surface area contributed by atoms with Gasteiger partial charge in [0, 0.05) is 12.6 Å². The molecule has 0 aliphatic rings. The predicted octanol–water partition coefficient (Wildman–Crippen LogP) is -0.309. The van der Waals surface area contributed by atoms with Gasteiger partial charge in [0.2, 0.25) is 11.3 Å². The zero-order chi connectivity index (χ0) is 13.7. The first-order valence-electron chi connectivity index (χ1n) is 5.28. The molecule has 18 heavy (non-hydrogen) atoms. The van der Waals surface area contributed by atoms with Crippen LogP contribution in [0.15, 0.2) is 17.1 Å². The minimum Gasteiger partial charge on any atom is -0.491 e. The molecule has 2 N–H and O–H groups in total. The van der Waals surface area contributed by atoms with Crippen molar-refractivity contribution in [2.45, 2.75) is 13.5 Å². The van der Waals surface area contributed by atoms with E-state index in [1.165, 1.54) is 13.3 Å². The van der Waals surface area contributed by atoms with E-state index in [2.05, 4.69) is 5.32 Å².